The smallest absolute Gasteiger partial charge is 0.307 e. The normalized spacial score (nSPS) is 24.1. The first-order chi connectivity index (χ1) is 7.67. The number of likely N-dealkylation sites (tertiary alicyclic amines) is 1. The zero-order valence-corrected chi connectivity index (χ0v) is 10.6. The van der Waals surface area contributed by atoms with Crippen molar-refractivity contribution in [3.05, 3.63) is 0 Å². The number of hydrogen-bond acceptors (Lipinski definition) is 4. The van der Waals surface area contributed by atoms with E-state index < -0.39 is 0 Å². The fourth-order valence-corrected chi connectivity index (χ4v) is 2.15. The number of carbonyl (C=O) groups is 1. The third-order valence-electron chi connectivity index (χ3n) is 3.13. The van der Waals surface area contributed by atoms with E-state index in [9.17, 15) is 4.79 Å². The Morgan fingerprint density at radius 2 is 2.31 bits per heavy atom. The van der Waals surface area contributed by atoms with Crippen LogP contribution in [0.5, 0.6) is 0 Å². The summed E-state index contributed by atoms with van der Waals surface area (Å²) >= 11 is 0. The second-order valence-electron chi connectivity index (χ2n) is 4.35. The Balaban J connectivity index is 2.34. The second-order valence-corrected chi connectivity index (χ2v) is 4.35. The predicted octanol–water partition coefficient (Wildman–Crippen LogP) is 1.44. The molecule has 1 aliphatic rings. The van der Waals surface area contributed by atoms with E-state index >= 15 is 0 Å². The van der Waals surface area contributed by atoms with Gasteiger partial charge in [-0.2, -0.15) is 0 Å². The Hall–Kier alpha value is -0.610. The number of methoxy groups -OCH3 is 1. The average molecular weight is 229 g/mol. The Labute approximate surface area is 97.9 Å². The lowest BCUT2D eigenvalue weighted by atomic mass is 10.1. The van der Waals surface area contributed by atoms with Gasteiger partial charge in [0.25, 0.3) is 0 Å². The summed E-state index contributed by atoms with van der Waals surface area (Å²) < 4.78 is 10.3. The molecule has 1 rings (SSSR count). The minimum absolute atomic E-state index is 0.102. The van der Waals surface area contributed by atoms with Gasteiger partial charge in [0.05, 0.1) is 19.1 Å². The Kier molecular flexibility index (Phi) is 5.77. The molecule has 0 amide bonds. The number of hydrogen-bond donors (Lipinski definition) is 0. The van der Waals surface area contributed by atoms with Crippen molar-refractivity contribution in [3.63, 3.8) is 0 Å². The van der Waals surface area contributed by atoms with Crippen molar-refractivity contribution in [2.24, 2.45) is 0 Å². The average Bonchev–Trinajstić information content (AvgIpc) is 2.29. The van der Waals surface area contributed by atoms with E-state index in [4.69, 9.17) is 9.47 Å². The van der Waals surface area contributed by atoms with E-state index in [-0.39, 0.29) is 12.0 Å². The fraction of sp³-hybridized carbons (Fsp3) is 0.917. The van der Waals surface area contributed by atoms with Gasteiger partial charge < -0.3 is 9.47 Å². The summed E-state index contributed by atoms with van der Waals surface area (Å²) in [7, 11) is 1.75. The molecule has 4 nitrogen and oxygen atoms in total. The van der Waals surface area contributed by atoms with Crippen LogP contribution in [0.2, 0.25) is 0 Å². The van der Waals surface area contributed by atoms with E-state index in [0.29, 0.717) is 19.1 Å². The number of ether oxygens (including phenoxy) is 2. The monoisotopic (exact) mass is 229 g/mol. The van der Waals surface area contributed by atoms with Crippen molar-refractivity contribution in [1.29, 1.82) is 0 Å². The molecule has 1 saturated heterocycles. The van der Waals surface area contributed by atoms with Crippen LogP contribution in [0, 0.1) is 0 Å². The topological polar surface area (TPSA) is 38.8 Å². The number of piperidine rings is 1. The third kappa shape index (κ3) is 4.10. The van der Waals surface area contributed by atoms with Crippen molar-refractivity contribution in [3.8, 4) is 0 Å². The first-order valence-electron chi connectivity index (χ1n) is 6.09. The first kappa shape index (κ1) is 13.5. The molecule has 0 saturated carbocycles. The molecule has 0 aliphatic carbocycles. The van der Waals surface area contributed by atoms with Crippen LogP contribution in [0.15, 0.2) is 0 Å². The van der Waals surface area contributed by atoms with Crippen molar-refractivity contribution >= 4 is 5.97 Å². The van der Waals surface area contributed by atoms with Gasteiger partial charge in [-0.05, 0) is 33.2 Å². The summed E-state index contributed by atoms with van der Waals surface area (Å²) in [6.07, 6.45) is 3.06. The molecular formula is C12H23NO3. The maximum atomic E-state index is 11.4. The van der Waals surface area contributed by atoms with Gasteiger partial charge in [0, 0.05) is 19.7 Å². The van der Waals surface area contributed by atoms with Gasteiger partial charge in [0.1, 0.15) is 0 Å². The van der Waals surface area contributed by atoms with Gasteiger partial charge in [-0.25, -0.2) is 0 Å². The highest BCUT2D eigenvalue weighted by atomic mass is 16.5. The zero-order valence-electron chi connectivity index (χ0n) is 10.6. The summed E-state index contributed by atoms with van der Waals surface area (Å²) in [5.74, 6) is -0.102. The molecule has 2 atom stereocenters. The van der Waals surface area contributed by atoms with Crippen LogP contribution < -0.4 is 0 Å². The summed E-state index contributed by atoms with van der Waals surface area (Å²) in [6, 6.07) is 0.247. The van der Waals surface area contributed by atoms with Crippen LogP contribution >= 0.6 is 0 Å². The quantitative estimate of drug-likeness (QED) is 0.669. The lowest BCUT2D eigenvalue weighted by Gasteiger charge is -2.35. The molecular weight excluding hydrogens is 206 g/mol. The van der Waals surface area contributed by atoms with E-state index in [1.807, 2.05) is 6.92 Å². The Bertz CT molecular complexity index is 220. The maximum Gasteiger partial charge on any atom is 0.307 e. The molecule has 4 heteroatoms. The number of nitrogens with zero attached hydrogens (tertiary/aromatic N) is 1. The van der Waals surface area contributed by atoms with E-state index in [2.05, 4.69) is 11.8 Å². The predicted molar refractivity (Wildman–Crippen MR) is 62.3 cm³/mol. The fourth-order valence-electron chi connectivity index (χ4n) is 2.15. The van der Waals surface area contributed by atoms with Crippen molar-refractivity contribution in [2.75, 3.05) is 26.8 Å². The minimum atomic E-state index is -0.102. The molecule has 0 spiro atoms. The van der Waals surface area contributed by atoms with Gasteiger partial charge in [0.2, 0.25) is 0 Å². The Morgan fingerprint density at radius 1 is 1.56 bits per heavy atom. The molecule has 0 bridgehead atoms. The molecule has 0 aromatic rings. The van der Waals surface area contributed by atoms with Crippen molar-refractivity contribution in [2.45, 2.75) is 45.3 Å². The molecule has 1 fully saturated rings. The summed E-state index contributed by atoms with van der Waals surface area (Å²) in [5.41, 5.74) is 0. The molecule has 0 radical (unpaired) electrons. The standard InChI is InChI=1S/C12H23NO3/c1-4-16-12(14)8-10(2)13-7-5-6-11(9-13)15-3/h10-11H,4-9H2,1-3H3. The van der Waals surface area contributed by atoms with Crippen LogP contribution in [0.25, 0.3) is 0 Å². The van der Waals surface area contributed by atoms with Crippen LogP contribution in [-0.4, -0.2) is 49.8 Å². The van der Waals surface area contributed by atoms with Gasteiger partial charge in [-0.3, -0.25) is 9.69 Å². The molecule has 2 unspecified atom stereocenters. The summed E-state index contributed by atoms with van der Waals surface area (Å²) in [6.45, 7) is 6.36. The molecule has 0 aromatic heterocycles. The molecule has 94 valence electrons. The van der Waals surface area contributed by atoms with Crippen LogP contribution in [0.1, 0.15) is 33.1 Å². The first-order valence-corrected chi connectivity index (χ1v) is 6.09. The van der Waals surface area contributed by atoms with Crippen LogP contribution in [-0.2, 0) is 14.3 Å². The van der Waals surface area contributed by atoms with Gasteiger partial charge in [-0.15, -0.1) is 0 Å². The van der Waals surface area contributed by atoms with E-state index in [1.54, 1.807) is 7.11 Å². The van der Waals surface area contributed by atoms with Gasteiger partial charge >= 0.3 is 5.97 Å². The molecule has 0 N–H and O–H groups in total. The Morgan fingerprint density at radius 3 is 2.94 bits per heavy atom. The highest BCUT2D eigenvalue weighted by molar-refractivity contribution is 5.70. The zero-order chi connectivity index (χ0) is 12.0. The van der Waals surface area contributed by atoms with Crippen LogP contribution in [0.4, 0.5) is 0 Å². The molecule has 1 heterocycles. The SMILES string of the molecule is CCOC(=O)CC(C)N1CCCC(OC)C1. The maximum absolute atomic E-state index is 11.4. The largest absolute Gasteiger partial charge is 0.466 e. The lowest BCUT2D eigenvalue weighted by Crippen LogP contribution is -2.44. The lowest BCUT2D eigenvalue weighted by molar-refractivity contribution is -0.144. The third-order valence-corrected chi connectivity index (χ3v) is 3.13. The van der Waals surface area contributed by atoms with E-state index in [0.717, 1.165) is 25.9 Å². The number of rotatable bonds is 5. The minimum Gasteiger partial charge on any atom is -0.466 e. The van der Waals surface area contributed by atoms with Gasteiger partial charge in [0.15, 0.2) is 0 Å². The van der Waals surface area contributed by atoms with E-state index in [1.165, 1.54) is 0 Å². The highest BCUT2D eigenvalue weighted by Crippen LogP contribution is 2.16. The molecule has 0 aromatic carbocycles. The van der Waals surface area contributed by atoms with Gasteiger partial charge in [-0.1, -0.05) is 0 Å². The highest BCUT2D eigenvalue weighted by Gasteiger charge is 2.24. The second kappa shape index (κ2) is 6.86. The van der Waals surface area contributed by atoms with Crippen LogP contribution in [0.3, 0.4) is 0 Å². The summed E-state index contributed by atoms with van der Waals surface area (Å²) in [5, 5.41) is 0. The van der Waals surface area contributed by atoms with Crippen molar-refractivity contribution < 1.29 is 14.3 Å². The number of carbonyl (C=O) groups excluding carboxylic acids is 1. The van der Waals surface area contributed by atoms with Crippen molar-refractivity contribution in [1.82, 2.24) is 4.90 Å². The molecule has 16 heavy (non-hydrogen) atoms. The molecule has 1 aliphatic heterocycles. The number of esters is 1. The summed E-state index contributed by atoms with van der Waals surface area (Å²) in [4.78, 5) is 13.7.